The van der Waals surface area contributed by atoms with Crippen molar-refractivity contribution in [2.75, 3.05) is 30.9 Å². The Hall–Kier alpha value is -2.72. The third kappa shape index (κ3) is 5.38. The van der Waals surface area contributed by atoms with E-state index in [0.29, 0.717) is 34.5 Å². The van der Waals surface area contributed by atoms with Crippen molar-refractivity contribution in [3.63, 3.8) is 0 Å². The first-order valence-corrected chi connectivity index (χ1v) is 9.22. The lowest BCUT2D eigenvalue weighted by molar-refractivity contribution is 0.433. The van der Waals surface area contributed by atoms with Crippen LogP contribution in [-0.4, -0.2) is 50.5 Å². The molecule has 27 heavy (non-hydrogen) atoms. The molecule has 1 aromatic carbocycles. The van der Waals surface area contributed by atoms with Crippen LogP contribution in [0.2, 0.25) is 5.28 Å². The molecule has 0 atom stereocenters. The van der Waals surface area contributed by atoms with Crippen LogP contribution >= 0.6 is 23.4 Å². The normalized spacial score (nSPS) is 10.5. The van der Waals surface area contributed by atoms with Crippen molar-refractivity contribution < 1.29 is 4.74 Å². The molecule has 0 saturated carbocycles. The van der Waals surface area contributed by atoms with E-state index in [9.17, 15) is 0 Å². The lowest BCUT2D eigenvalue weighted by atomic mass is 10.3. The highest BCUT2D eigenvalue weighted by molar-refractivity contribution is 7.99. The van der Waals surface area contributed by atoms with Gasteiger partial charge in [0, 0.05) is 20.6 Å². The molecule has 0 aliphatic heterocycles. The minimum atomic E-state index is 0.0953. The van der Waals surface area contributed by atoms with Gasteiger partial charge in [-0.15, -0.1) is 0 Å². The SMILES string of the molecule is CCNc1nc(Oc2ccccc2)nc(Sc2nc(Cl)nc(N(C)C)n2)n1. The Morgan fingerprint density at radius 2 is 1.74 bits per heavy atom. The van der Waals surface area contributed by atoms with Crippen molar-refractivity contribution in [2.45, 2.75) is 17.2 Å². The largest absolute Gasteiger partial charge is 0.424 e. The Morgan fingerprint density at radius 1 is 1.00 bits per heavy atom. The van der Waals surface area contributed by atoms with Crippen molar-refractivity contribution in [1.29, 1.82) is 0 Å². The molecular weight excluding hydrogens is 388 g/mol. The van der Waals surface area contributed by atoms with Gasteiger partial charge in [0.25, 0.3) is 0 Å². The first-order valence-electron chi connectivity index (χ1n) is 8.03. The predicted octanol–water partition coefficient (Wildman–Crippen LogP) is 3.15. The van der Waals surface area contributed by atoms with Crippen LogP contribution in [0.25, 0.3) is 0 Å². The molecule has 0 radical (unpaired) electrons. The van der Waals surface area contributed by atoms with Gasteiger partial charge >= 0.3 is 6.01 Å². The number of hydrogen-bond donors (Lipinski definition) is 1. The van der Waals surface area contributed by atoms with Gasteiger partial charge in [-0.3, -0.25) is 0 Å². The van der Waals surface area contributed by atoms with Crippen molar-refractivity contribution >= 4 is 35.3 Å². The summed E-state index contributed by atoms with van der Waals surface area (Å²) in [5.41, 5.74) is 0. The molecule has 0 aliphatic rings. The molecule has 1 N–H and O–H groups in total. The van der Waals surface area contributed by atoms with E-state index in [4.69, 9.17) is 16.3 Å². The summed E-state index contributed by atoms with van der Waals surface area (Å²) in [6.45, 7) is 2.60. The van der Waals surface area contributed by atoms with E-state index in [1.165, 1.54) is 0 Å². The molecule has 0 aliphatic carbocycles. The number of hydrogen-bond acceptors (Lipinski definition) is 10. The van der Waals surface area contributed by atoms with E-state index < -0.39 is 0 Å². The average Bonchev–Trinajstić information content (AvgIpc) is 2.62. The maximum absolute atomic E-state index is 5.99. The summed E-state index contributed by atoms with van der Waals surface area (Å²) < 4.78 is 5.73. The van der Waals surface area contributed by atoms with Crippen LogP contribution in [0.15, 0.2) is 40.6 Å². The summed E-state index contributed by atoms with van der Waals surface area (Å²) >= 11 is 7.13. The van der Waals surface area contributed by atoms with E-state index >= 15 is 0 Å². The highest BCUT2D eigenvalue weighted by Crippen LogP contribution is 2.27. The van der Waals surface area contributed by atoms with E-state index in [0.717, 1.165) is 11.8 Å². The van der Waals surface area contributed by atoms with Gasteiger partial charge in [-0.1, -0.05) is 18.2 Å². The number of ether oxygens (including phenoxy) is 1. The summed E-state index contributed by atoms with van der Waals surface area (Å²) in [7, 11) is 3.64. The highest BCUT2D eigenvalue weighted by atomic mass is 35.5. The fraction of sp³-hybridized carbons (Fsp3) is 0.250. The second-order valence-corrected chi connectivity index (χ2v) is 6.63. The van der Waals surface area contributed by atoms with Crippen LogP contribution in [0.1, 0.15) is 6.92 Å². The zero-order valence-corrected chi connectivity index (χ0v) is 16.5. The Labute approximate surface area is 165 Å². The first kappa shape index (κ1) is 19.1. The maximum Gasteiger partial charge on any atom is 0.327 e. The monoisotopic (exact) mass is 404 g/mol. The molecule has 0 spiro atoms. The van der Waals surface area contributed by atoms with Crippen molar-refractivity contribution in [3.8, 4) is 11.8 Å². The standard InChI is InChI=1S/C16H17ClN8OS/c1-4-18-12-21-14(26-10-8-6-5-7-9-10)24-16(22-12)27-15-20-11(17)19-13(23-15)25(2)3/h5-9H,4H2,1-3H3,(H,18,21,22,24). The van der Waals surface area contributed by atoms with Crippen molar-refractivity contribution in [1.82, 2.24) is 29.9 Å². The number of nitrogens with zero attached hydrogens (tertiary/aromatic N) is 7. The summed E-state index contributed by atoms with van der Waals surface area (Å²) in [6, 6.07) is 9.44. The van der Waals surface area contributed by atoms with E-state index in [1.54, 1.807) is 4.90 Å². The summed E-state index contributed by atoms with van der Waals surface area (Å²) in [6.07, 6.45) is 0. The summed E-state index contributed by atoms with van der Waals surface area (Å²) in [5, 5.41) is 3.90. The zero-order chi connectivity index (χ0) is 19.2. The minimum absolute atomic E-state index is 0.0953. The van der Waals surface area contributed by atoms with E-state index in [-0.39, 0.29) is 11.3 Å². The van der Waals surface area contributed by atoms with Crippen molar-refractivity contribution in [3.05, 3.63) is 35.6 Å². The second kappa shape index (κ2) is 8.78. The van der Waals surface area contributed by atoms with Crippen LogP contribution in [-0.2, 0) is 0 Å². The lowest BCUT2D eigenvalue weighted by Gasteiger charge is -2.11. The number of anilines is 2. The molecule has 2 aromatic heterocycles. The van der Waals surface area contributed by atoms with Crippen LogP contribution in [0.5, 0.6) is 11.8 Å². The molecule has 0 fully saturated rings. The number of para-hydroxylation sites is 1. The highest BCUT2D eigenvalue weighted by Gasteiger charge is 2.14. The Balaban J connectivity index is 1.90. The molecule has 0 unspecified atom stereocenters. The molecule has 3 aromatic rings. The number of aromatic nitrogens is 6. The predicted molar refractivity (Wildman–Crippen MR) is 104 cm³/mol. The molecule has 3 rings (SSSR count). The van der Waals surface area contributed by atoms with E-state index in [2.05, 4.69) is 35.2 Å². The van der Waals surface area contributed by atoms with Gasteiger partial charge in [0.1, 0.15) is 5.75 Å². The zero-order valence-electron chi connectivity index (χ0n) is 14.9. The van der Waals surface area contributed by atoms with Crippen LogP contribution in [0, 0.1) is 0 Å². The molecule has 0 saturated heterocycles. The number of benzene rings is 1. The minimum Gasteiger partial charge on any atom is -0.424 e. The number of rotatable bonds is 7. The molecule has 0 amide bonds. The van der Waals surface area contributed by atoms with Gasteiger partial charge in [0.15, 0.2) is 0 Å². The topological polar surface area (TPSA) is 102 Å². The van der Waals surface area contributed by atoms with Crippen LogP contribution in [0.3, 0.4) is 0 Å². The van der Waals surface area contributed by atoms with Crippen LogP contribution in [0.4, 0.5) is 11.9 Å². The average molecular weight is 405 g/mol. The molecule has 140 valence electrons. The third-order valence-electron chi connectivity index (χ3n) is 3.04. The van der Waals surface area contributed by atoms with E-state index in [1.807, 2.05) is 51.4 Å². The Bertz CT molecular complexity index is 912. The fourth-order valence-electron chi connectivity index (χ4n) is 1.91. The smallest absolute Gasteiger partial charge is 0.327 e. The molecule has 2 heterocycles. The Kier molecular flexibility index (Phi) is 6.20. The van der Waals surface area contributed by atoms with Crippen LogP contribution < -0.4 is 15.0 Å². The van der Waals surface area contributed by atoms with Gasteiger partial charge in [0.2, 0.25) is 27.5 Å². The van der Waals surface area contributed by atoms with Gasteiger partial charge in [-0.05, 0) is 42.4 Å². The molecular formula is C16H17ClN8OS. The number of halogens is 1. The van der Waals surface area contributed by atoms with Gasteiger partial charge in [0.05, 0.1) is 0 Å². The quantitative estimate of drug-likeness (QED) is 0.631. The van der Waals surface area contributed by atoms with Gasteiger partial charge in [-0.2, -0.15) is 29.9 Å². The van der Waals surface area contributed by atoms with Gasteiger partial charge in [-0.25, -0.2) is 0 Å². The fourth-order valence-corrected chi connectivity index (χ4v) is 2.79. The molecule has 11 heteroatoms. The first-order chi connectivity index (χ1) is 13.0. The van der Waals surface area contributed by atoms with Gasteiger partial charge < -0.3 is 15.0 Å². The molecule has 0 bridgehead atoms. The maximum atomic E-state index is 5.99. The number of nitrogens with one attached hydrogen (secondary N) is 1. The second-order valence-electron chi connectivity index (χ2n) is 5.35. The molecule has 9 nitrogen and oxygen atoms in total. The van der Waals surface area contributed by atoms with Crippen molar-refractivity contribution in [2.24, 2.45) is 0 Å². The lowest BCUT2D eigenvalue weighted by Crippen LogP contribution is -2.14. The summed E-state index contributed by atoms with van der Waals surface area (Å²) in [4.78, 5) is 27.2. The third-order valence-corrected chi connectivity index (χ3v) is 3.94. The summed E-state index contributed by atoms with van der Waals surface area (Å²) in [5.74, 6) is 1.47. The Morgan fingerprint density at radius 3 is 2.44 bits per heavy atom.